The molecule has 0 radical (unpaired) electrons. The van der Waals surface area contributed by atoms with Crippen LogP contribution < -0.4 is 5.73 Å². The van der Waals surface area contributed by atoms with Gasteiger partial charge in [0.05, 0.1) is 5.70 Å². The maximum Gasteiger partial charge on any atom is 0.150 e. The molecule has 1 aliphatic rings. The van der Waals surface area contributed by atoms with Crippen LogP contribution in [0.5, 0.6) is 0 Å². The summed E-state index contributed by atoms with van der Waals surface area (Å²) < 4.78 is 0. The second-order valence-electron chi connectivity index (χ2n) is 1.21. The van der Waals surface area contributed by atoms with Crippen LogP contribution in [0.1, 0.15) is 1.43 Å². The van der Waals surface area contributed by atoms with Gasteiger partial charge in [0, 0.05) is 1.43 Å². The first-order valence-electron chi connectivity index (χ1n) is 1.86. The maximum atomic E-state index is 5.20. The highest BCUT2D eigenvalue weighted by atomic mass is 15.0. The van der Waals surface area contributed by atoms with E-state index in [1.165, 1.54) is 6.34 Å². The fourth-order valence-corrected chi connectivity index (χ4v) is 0.301. The topological polar surface area (TPSA) is 50.7 Å². The first kappa shape index (κ1) is 4.05. The van der Waals surface area contributed by atoms with Gasteiger partial charge in [-0.15, -0.1) is 0 Å². The molecular formula is C4H7N3. The van der Waals surface area contributed by atoms with Crippen LogP contribution >= 0.6 is 0 Å². The van der Waals surface area contributed by atoms with Crippen molar-refractivity contribution in [2.24, 2.45) is 15.7 Å². The summed E-state index contributed by atoms with van der Waals surface area (Å²) in [6.07, 6.45) is 1.39. The third kappa shape index (κ3) is 0.513. The van der Waals surface area contributed by atoms with Gasteiger partial charge in [0.25, 0.3) is 0 Å². The minimum absolute atomic E-state index is 0. The van der Waals surface area contributed by atoms with Gasteiger partial charge in [0.1, 0.15) is 6.34 Å². The van der Waals surface area contributed by atoms with Gasteiger partial charge in [0.15, 0.2) is 5.84 Å². The molecule has 0 bridgehead atoms. The Bertz CT molecular complexity index is 159. The van der Waals surface area contributed by atoms with Gasteiger partial charge in [-0.2, -0.15) is 0 Å². The van der Waals surface area contributed by atoms with Crippen LogP contribution in [-0.2, 0) is 0 Å². The Kier molecular flexibility index (Phi) is 0.685. The second-order valence-corrected chi connectivity index (χ2v) is 1.21. The standard InChI is InChI=1S/C4H5N3.H2/c1-3-4(5)7-2-6-3;/h2H,1H2,(H2,5,6,7);1H. The number of nitrogens with two attached hydrogens (primary N) is 1. The van der Waals surface area contributed by atoms with Crippen molar-refractivity contribution in [3.63, 3.8) is 0 Å². The molecule has 0 atom stereocenters. The molecule has 0 aromatic rings. The van der Waals surface area contributed by atoms with Gasteiger partial charge in [0.2, 0.25) is 0 Å². The van der Waals surface area contributed by atoms with E-state index in [9.17, 15) is 0 Å². The van der Waals surface area contributed by atoms with Crippen LogP contribution in [0.3, 0.4) is 0 Å². The van der Waals surface area contributed by atoms with Gasteiger partial charge >= 0.3 is 0 Å². The number of aliphatic imine (C=N–C) groups is 2. The lowest BCUT2D eigenvalue weighted by atomic mass is 10.5. The first-order valence-corrected chi connectivity index (χ1v) is 1.86. The molecule has 0 spiro atoms. The zero-order valence-corrected chi connectivity index (χ0v) is 3.76. The molecule has 0 saturated heterocycles. The van der Waals surface area contributed by atoms with Gasteiger partial charge < -0.3 is 5.73 Å². The number of amidine groups is 1. The zero-order chi connectivity index (χ0) is 5.28. The van der Waals surface area contributed by atoms with E-state index in [0.29, 0.717) is 11.5 Å². The SMILES string of the molecule is C=C1N=CN=C1N.[HH]. The van der Waals surface area contributed by atoms with E-state index in [-0.39, 0.29) is 1.43 Å². The molecule has 0 aromatic heterocycles. The van der Waals surface area contributed by atoms with Crippen LogP contribution in [0, 0.1) is 0 Å². The molecule has 3 nitrogen and oxygen atoms in total. The van der Waals surface area contributed by atoms with E-state index >= 15 is 0 Å². The molecule has 0 unspecified atom stereocenters. The van der Waals surface area contributed by atoms with Crippen molar-refractivity contribution >= 4 is 12.2 Å². The second kappa shape index (κ2) is 1.18. The van der Waals surface area contributed by atoms with E-state index in [0.717, 1.165) is 0 Å². The van der Waals surface area contributed by atoms with Crippen molar-refractivity contribution in [2.75, 3.05) is 0 Å². The van der Waals surface area contributed by atoms with Gasteiger partial charge in [-0.05, 0) is 0 Å². The molecular weight excluding hydrogens is 90.1 g/mol. The van der Waals surface area contributed by atoms with E-state index in [2.05, 4.69) is 16.6 Å². The quantitative estimate of drug-likeness (QED) is 0.459. The maximum absolute atomic E-state index is 5.20. The normalized spacial score (nSPS) is 17.7. The molecule has 1 aliphatic heterocycles. The Balaban J connectivity index is 0.000000490. The fraction of sp³-hybridized carbons (Fsp3) is 0. The first-order chi connectivity index (χ1) is 3.30. The molecule has 0 fully saturated rings. The van der Waals surface area contributed by atoms with Crippen LogP contribution in [0.25, 0.3) is 0 Å². The molecule has 3 heteroatoms. The Morgan fingerprint density at radius 2 is 2.57 bits per heavy atom. The lowest BCUT2D eigenvalue weighted by molar-refractivity contribution is 1.51. The van der Waals surface area contributed by atoms with Crippen molar-refractivity contribution in [3.05, 3.63) is 12.3 Å². The van der Waals surface area contributed by atoms with E-state index in [1.807, 2.05) is 0 Å². The van der Waals surface area contributed by atoms with Crippen LogP contribution in [0.15, 0.2) is 22.3 Å². The molecule has 1 heterocycles. The summed E-state index contributed by atoms with van der Waals surface area (Å²) in [5, 5.41) is 0. The average Bonchev–Trinajstić information content (AvgIpc) is 1.91. The van der Waals surface area contributed by atoms with E-state index < -0.39 is 0 Å². The van der Waals surface area contributed by atoms with Gasteiger partial charge in [-0.1, -0.05) is 6.58 Å². The summed E-state index contributed by atoms with van der Waals surface area (Å²) in [6, 6.07) is 0. The summed E-state index contributed by atoms with van der Waals surface area (Å²) in [7, 11) is 0. The number of nitrogens with zero attached hydrogens (tertiary/aromatic N) is 2. The fourth-order valence-electron chi connectivity index (χ4n) is 0.301. The van der Waals surface area contributed by atoms with Crippen molar-refractivity contribution in [3.8, 4) is 0 Å². The molecule has 0 aromatic carbocycles. The van der Waals surface area contributed by atoms with Crippen molar-refractivity contribution in [2.45, 2.75) is 0 Å². The van der Waals surface area contributed by atoms with Crippen LogP contribution in [-0.4, -0.2) is 12.2 Å². The van der Waals surface area contributed by atoms with Crippen molar-refractivity contribution in [1.29, 1.82) is 0 Å². The van der Waals surface area contributed by atoms with Gasteiger partial charge in [-0.3, -0.25) is 0 Å². The average molecular weight is 97.1 g/mol. The summed E-state index contributed by atoms with van der Waals surface area (Å²) in [5.41, 5.74) is 5.76. The summed E-state index contributed by atoms with van der Waals surface area (Å²) in [5.74, 6) is 0.417. The van der Waals surface area contributed by atoms with Crippen LogP contribution in [0.2, 0.25) is 0 Å². The minimum Gasteiger partial charge on any atom is -0.382 e. The Hall–Kier alpha value is -1.12. The highest BCUT2D eigenvalue weighted by molar-refractivity contribution is 6.04. The third-order valence-corrected chi connectivity index (χ3v) is 0.706. The van der Waals surface area contributed by atoms with Gasteiger partial charge in [-0.25, -0.2) is 9.98 Å². The van der Waals surface area contributed by atoms with Crippen molar-refractivity contribution in [1.82, 2.24) is 0 Å². The predicted octanol–water partition coefficient (Wildman–Crippen LogP) is 0.145. The van der Waals surface area contributed by atoms with E-state index in [1.54, 1.807) is 0 Å². The summed E-state index contributed by atoms with van der Waals surface area (Å²) in [6.45, 7) is 3.48. The lowest BCUT2D eigenvalue weighted by Crippen LogP contribution is -2.08. The molecule has 0 aliphatic carbocycles. The number of hydrogen-bond donors (Lipinski definition) is 1. The predicted molar refractivity (Wildman–Crippen MR) is 31.4 cm³/mol. The monoisotopic (exact) mass is 97.1 g/mol. The molecule has 38 valence electrons. The molecule has 2 N–H and O–H groups in total. The van der Waals surface area contributed by atoms with Crippen LogP contribution in [0.4, 0.5) is 0 Å². The summed E-state index contributed by atoms with van der Waals surface area (Å²) >= 11 is 0. The largest absolute Gasteiger partial charge is 0.382 e. The number of rotatable bonds is 0. The molecule has 0 amide bonds. The summed E-state index contributed by atoms with van der Waals surface area (Å²) in [4.78, 5) is 7.29. The zero-order valence-electron chi connectivity index (χ0n) is 3.76. The lowest BCUT2D eigenvalue weighted by Gasteiger charge is -1.83. The minimum atomic E-state index is 0. The molecule has 7 heavy (non-hydrogen) atoms. The smallest absolute Gasteiger partial charge is 0.150 e. The highest BCUT2D eigenvalue weighted by Crippen LogP contribution is 1.95. The Morgan fingerprint density at radius 3 is 2.71 bits per heavy atom. The number of hydrogen-bond acceptors (Lipinski definition) is 3. The Labute approximate surface area is 42.8 Å². The van der Waals surface area contributed by atoms with E-state index in [4.69, 9.17) is 5.73 Å². The molecule has 1 rings (SSSR count). The molecule has 0 saturated carbocycles. The van der Waals surface area contributed by atoms with Crippen molar-refractivity contribution < 1.29 is 1.43 Å². The highest BCUT2D eigenvalue weighted by Gasteiger charge is 1.98. The third-order valence-electron chi connectivity index (χ3n) is 0.706. The Morgan fingerprint density at radius 1 is 1.86 bits per heavy atom.